The zero-order valence-electron chi connectivity index (χ0n) is 16.5. The maximum atomic E-state index is 13.3. The Balaban J connectivity index is 1.67. The van der Waals surface area contributed by atoms with E-state index in [0.29, 0.717) is 35.6 Å². The first-order valence-corrected chi connectivity index (χ1v) is 10.5. The lowest BCUT2D eigenvalue weighted by atomic mass is 9.96. The summed E-state index contributed by atoms with van der Waals surface area (Å²) in [5.41, 5.74) is 1.59. The van der Waals surface area contributed by atoms with Gasteiger partial charge < -0.3 is 15.5 Å². The third-order valence-electron chi connectivity index (χ3n) is 4.54. The molecule has 0 saturated heterocycles. The van der Waals surface area contributed by atoms with Gasteiger partial charge in [0.2, 0.25) is 5.92 Å². The number of halogens is 2. The normalized spacial score (nSPS) is 16.0. The first-order chi connectivity index (χ1) is 14.4. The summed E-state index contributed by atoms with van der Waals surface area (Å²) in [5.74, 6) is -2.09. The molecule has 1 aliphatic rings. The predicted octanol–water partition coefficient (Wildman–Crippen LogP) is 5.46. The number of rotatable bonds is 7. The highest BCUT2D eigenvalue weighted by molar-refractivity contribution is 8.00. The van der Waals surface area contributed by atoms with Gasteiger partial charge in [-0.25, -0.2) is 18.6 Å². The Hall–Kier alpha value is -2.75. The fourth-order valence-electron chi connectivity index (χ4n) is 3.06. The molecule has 2 aromatic heterocycles. The van der Waals surface area contributed by atoms with E-state index in [4.69, 9.17) is 10.1 Å². The standard InChI is InChI=1S/C20H23F2N5O2S/c1-2-29-19(28)27-15-8-14(10-24-11-15)26-18-13(9-23)7-17(12-25-18)30-16-3-5-20(21,22)6-4-16/h7-12,16,23H,2-6H2,1H3,(H,25,26)(H,27,28). The topological polar surface area (TPSA) is 100.0 Å². The molecule has 1 saturated carbocycles. The number of thioether (sulfide) groups is 1. The van der Waals surface area contributed by atoms with Crippen molar-refractivity contribution in [3.05, 3.63) is 36.3 Å². The second kappa shape index (κ2) is 9.84. The molecule has 1 fully saturated rings. The molecule has 1 amide bonds. The Labute approximate surface area is 177 Å². The number of nitrogens with one attached hydrogen (secondary N) is 3. The zero-order valence-corrected chi connectivity index (χ0v) is 17.3. The number of carbonyl (C=O) groups excluding carboxylic acids is 1. The SMILES string of the molecule is CCOC(=O)Nc1cncc(Nc2ncc(SC3CCC(F)(F)CC3)cc2C=N)c1. The highest BCUT2D eigenvalue weighted by Crippen LogP contribution is 2.40. The van der Waals surface area contributed by atoms with Gasteiger partial charge in [-0.2, -0.15) is 0 Å². The Morgan fingerprint density at radius 3 is 2.73 bits per heavy atom. The number of pyridine rings is 2. The van der Waals surface area contributed by atoms with Gasteiger partial charge >= 0.3 is 6.09 Å². The summed E-state index contributed by atoms with van der Waals surface area (Å²) < 4.78 is 31.5. The lowest BCUT2D eigenvalue weighted by molar-refractivity contribution is -0.0323. The van der Waals surface area contributed by atoms with E-state index in [2.05, 4.69) is 20.6 Å². The molecular weight excluding hydrogens is 412 g/mol. The van der Waals surface area contributed by atoms with Gasteiger partial charge in [-0.1, -0.05) is 0 Å². The van der Waals surface area contributed by atoms with Crippen LogP contribution in [-0.4, -0.2) is 40.1 Å². The van der Waals surface area contributed by atoms with Crippen molar-refractivity contribution in [2.45, 2.75) is 48.7 Å². The average molecular weight is 436 g/mol. The van der Waals surface area contributed by atoms with Crippen molar-refractivity contribution in [2.75, 3.05) is 17.2 Å². The zero-order chi connectivity index (χ0) is 21.6. The van der Waals surface area contributed by atoms with Crippen molar-refractivity contribution in [3.63, 3.8) is 0 Å². The molecule has 0 aromatic carbocycles. The minimum atomic E-state index is -2.55. The van der Waals surface area contributed by atoms with E-state index in [1.807, 2.05) is 6.07 Å². The smallest absolute Gasteiger partial charge is 0.411 e. The number of ether oxygens (including phenoxy) is 1. The first-order valence-electron chi connectivity index (χ1n) is 9.59. The average Bonchev–Trinajstić information content (AvgIpc) is 2.71. The fourth-order valence-corrected chi connectivity index (χ4v) is 4.23. The molecule has 2 aromatic rings. The number of anilines is 3. The number of hydrogen-bond acceptors (Lipinski definition) is 7. The van der Waals surface area contributed by atoms with E-state index in [9.17, 15) is 13.6 Å². The summed E-state index contributed by atoms with van der Waals surface area (Å²) in [6.07, 6.45) is 6.08. The molecule has 2 heterocycles. The summed E-state index contributed by atoms with van der Waals surface area (Å²) >= 11 is 1.52. The monoisotopic (exact) mass is 435 g/mol. The molecule has 0 unspecified atom stereocenters. The van der Waals surface area contributed by atoms with Crippen LogP contribution in [0.4, 0.5) is 30.8 Å². The molecule has 160 valence electrons. The predicted molar refractivity (Wildman–Crippen MR) is 113 cm³/mol. The first kappa shape index (κ1) is 21.9. The minimum Gasteiger partial charge on any atom is -0.450 e. The molecule has 0 atom stereocenters. The van der Waals surface area contributed by atoms with Gasteiger partial charge in [0.1, 0.15) is 5.82 Å². The van der Waals surface area contributed by atoms with E-state index in [1.165, 1.54) is 24.2 Å². The van der Waals surface area contributed by atoms with E-state index >= 15 is 0 Å². The number of nitrogens with zero attached hydrogens (tertiary/aromatic N) is 2. The van der Waals surface area contributed by atoms with Crippen LogP contribution in [-0.2, 0) is 4.74 Å². The third-order valence-corrected chi connectivity index (χ3v) is 5.84. The minimum absolute atomic E-state index is 0.0850. The largest absolute Gasteiger partial charge is 0.450 e. The molecule has 30 heavy (non-hydrogen) atoms. The van der Waals surface area contributed by atoms with Gasteiger partial charge in [-0.15, -0.1) is 11.8 Å². The van der Waals surface area contributed by atoms with Crippen molar-refractivity contribution in [1.29, 1.82) is 5.41 Å². The number of hydrogen-bond donors (Lipinski definition) is 3. The second-order valence-corrected chi connectivity index (χ2v) is 8.23. The lowest BCUT2D eigenvalue weighted by Crippen LogP contribution is -2.25. The van der Waals surface area contributed by atoms with Gasteiger partial charge in [0, 0.05) is 41.0 Å². The maximum absolute atomic E-state index is 13.3. The molecule has 1 aliphatic carbocycles. The number of carbonyl (C=O) groups is 1. The molecule has 0 bridgehead atoms. The molecule has 10 heteroatoms. The van der Waals surface area contributed by atoms with Gasteiger partial charge in [0.25, 0.3) is 0 Å². The van der Waals surface area contributed by atoms with Crippen LogP contribution in [0.3, 0.4) is 0 Å². The summed E-state index contributed by atoms with van der Waals surface area (Å²) in [6, 6.07) is 3.48. The van der Waals surface area contributed by atoms with Crippen LogP contribution in [0.2, 0.25) is 0 Å². The Morgan fingerprint density at radius 1 is 1.30 bits per heavy atom. The summed E-state index contributed by atoms with van der Waals surface area (Å²) in [6.45, 7) is 1.98. The van der Waals surface area contributed by atoms with E-state index in [1.54, 1.807) is 25.4 Å². The summed E-state index contributed by atoms with van der Waals surface area (Å²) in [7, 11) is 0. The Kier molecular flexibility index (Phi) is 7.20. The van der Waals surface area contributed by atoms with Crippen LogP contribution in [0, 0.1) is 5.41 Å². The van der Waals surface area contributed by atoms with Crippen molar-refractivity contribution < 1.29 is 18.3 Å². The lowest BCUT2D eigenvalue weighted by Gasteiger charge is -2.27. The van der Waals surface area contributed by atoms with Crippen LogP contribution in [0.1, 0.15) is 38.2 Å². The van der Waals surface area contributed by atoms with Crippen LogP contribution in [0.25, 0.3) is 0 Å². The van der Waals surface area contributed by atoms with Crippen LogP contribution < -0.4 is 10.6 Å². The van der Waals surface area contributed by atoms with Crippen molar-refractivity contribution in [1.82, 2.24) is 9.97 Å². The van der Waals surface area contributed by atoms with E-state index in [0.717, 1.165) is 4.90 Å². The van der Waals surface area contributed by atoms with Gasteiger partial charge in [-0.05, 0) is 31.9 Å². The molecule has 7 nitrogen and oxygen atoms in total. The number of alkyl halides is 2. The molecule has 3 rings (SSSR count). The highest BCUT2D eigenvalue weighted by atomic mass is 32.2. The molecule has 0 radical (unpaired) electrons. The Bertz CT molecular complexity index is 903. The van der Waals surface area contributed by atoms with Crippen molar-refractivity contribution in [3.8, 4) is 0 Å². The molecule has 0 aliphatic heterocycles. The van der Waals surface area contributed by atoms with Gasteiger partial charge in [0.05, 0.1) is 30.4 Å². The summed E-state index contributed by atoms with van der Waals surface area (Å²) in [5, 5.41) is 13.5. The Morgan fingerprint density at radius 2 is 2.03 bits per heavy atom. The second-order valence-electron chi connectivity index (χ2n) is 6.86. The van der Waals surface area contributed by atoms with E-state index < -0.39 is 12.0 Å². The highest BCUT2D eigenvalue weighted by Gasteiger charge is 2.35. The van der Waals surface area contributed by atoms with Gasteiger partial charge in [-0.3, -0.25) is 10.3 Å². The molecular formula is C20H23F2N5O2S. The summed E-state index contributed by atoms with van der Waals surface area (Å²) in [4.78, 5) is 20.9. The quantitative estimate of drug-likeness (QED) is 0.500. The van der Waals surface area contributed by atoms with Crippen LogP contribution in [0.5, 0.6) is 0 Å². The van der Waals surface area contributed by atoms with E-state index in [-0.39, 0.29) is 24.7 Å². The fraction of sp³-hybridized carbons (Fsp3) is 0.400. The number of amides is 1. The van der Waals surface area contributed by atoms with Gasteiger partial charge in [0.15, 0.2) is 0 Å². The molecule has 3 N–H and O–H groups in total. The maximum Gasteiger partial charge on any atom is 0.411 e. The number of aromatic nitrogens is 2. The molecule has 0 spiro atoms. The van der Waals surface area contributed by atoms with Crippen molar-refractivity contribution in [2.24, 2.45) is 0 Å². The van der Waals surface area contributed by atoms with Crippen molar-refractivity contribution >= 4 is 41.3 Å². The third kappa shape index (κ3) is 6.12. The van der Waals surface area contributed by atoms with Crippen LogP contribution >= 0.6 is 11.8 Å². The van der Waals surface area contributed by atoms with Crippen LogP contribution in [0.15, 0.2) is 35.6 Å².